The van der Waals surface area contributed by atoms with E-state index in [1.54, 1.807) is 65.2 Å². The van der Waals surface area contributed by atoms with Gasteiger partial charge in [-0.3, -0.25) is 18.9 Å². The summed E-state index contributed by atoms with van der Waals surface area (Å²) in [4.78, 5) is 15.9. The highest BCUT2D eigenvalue weighted by Crippen LogP contribution is 2.57. The number of hydrogen-bond donors (Lipinski definition) is 3. The summed E-state index contributed by atoms with van der Waals surface area (Å²) in [5.41, 5.74) is 2.28. The first-order valence-electron chi connectivity index (χ1n) is 10.4. The average molecular weight is 489 g/mol. The number of benzene rings is 2. The van der Waals surface area contributed by atoms with Crippen LogP contribution < -0.4 is 4.74 Å². The van der Waals surface area contributed by atoms with Crippen LogP contribution in [0.4, 0.5) is 0 Å². The average Bonchev–Trinajstić information content (AvgIpc) is 2.88. The van der Waals surface area contributed by atoms with E-state index < -0.39 is 22.7 Å². The lowest BCUT2D eigenvalue weighted by molar-refractivity contribution is -0.137. The van der Waals surface area contributed by atoms with Gasteiger partial charge in [-0.25, -0.2) is 0 Å². The van der Waals surface area contributed by atoms with E-state index in [-0.39, 0.29) is 25.6 Å². The molecule has 1 unspecified atom stereocenters. The molecule has 2 aromatic carbocycles. The van der Waals surface area contributed by atoms with Crippen LogP contribution in [0.3, 0.4) is 0 Å². The summed E-state index contributed by atoms with van der Waals surface area (Å²) >= 11 is 6.50. The lowest BCUT2D eigenvalue weighted by atomic mass is 9.88. The van der Waals surface area contributed by atoms with Crippen LogP contribution in [-0.4, -0.2) is 42.1 Å². The number of nitrogens with zero attached hydrogens (tertiary/aromatic N) is 2. The third-order valence-corrected chi connectivity index (χ3v) is 7.89. The number of carboxylic acids is 1. The van der Waals surface area contributed by atoms with Crippen molar-refractivity contribution in [2.75, 3.05) is 6.54 Å². The number of rotatable bonds is 6. The van der Waals surface area contributed by atoms with Crippen LogP contribution in [0.1, 0.15) is 36.0 Å². The number of carboxylic acid groups (broad SMARTS) is 1. The van der Waals surface area contributed by atoms with Gasteiger partial charge in [0.05, 0.1) is 13.0 Å². The van der Waals surface area contributed by atoms with Crippen molar-refractivity contribution >= 4 is 28.3 Å². The molecule has 4 rings (SSSR count). The first-order chi connectivity index (χ1) is 15.8. The summed E-state index contributed by atoms with van der Waals surface area (Å²) in [6, 6.07) is 15.9. The summed E-state index contributed by atoms with van der Waals surface area (Å²) in [7, 11) is -3.32. The van der Waals surface area contributed by atoms with E-state index in [9.17, 15) is 19.0 Å². The lowest BCUT2D eigenvalue weighted by Crippen LogP contribution is -2.33. The van der Waals surface area contributed by atoms with Crippen molar-refractivity contribution in [2.24, 2.45) is 0 Å². The number of para-hydroxylation sites is 1. The molecule has 0 bridgehead atoms. The van der Waals surface area contributed by atoms with E-state index >= 15 is 0 Å². The summed E-state index contributed by atoms with van der Waals surface area (Å²) in [5, 5.41) is 9.95. The maximum atomic E-state index is 11.6. The standard InChI is InChI=1S/C24H25ClN2O5S/c1-16-14-27(33(30,31)23-5-3-2-4-22(23)32-16)15-19-12-18(6-7-21(19)25)20(13-24(28)29)17-8-10-26-11-9-17/h2-12,16,20,30-31H,13-15H2,1H3,(H,28,29)/t16-,20?/m1/s1. The number of pyridine rings is 1. The predicted molar refractivity (Wildman–Crippen MR) is 128 cm³/mol. The number of halogens is 1. The third-order valence-electron chi connectivity index (χ3n) is 5.60. The Labute approximate surface area is 199 Å². The molecule has 1 aliphatic heterocycles. The zero-order valence-electron chi connectivity index (χ0n) is 18.0. The van der Waals surface area contributed by atoms with Crippen molar-refractivity contribution in [3.63, 3.8) is 0 Å². The first-order valence-corrected chi connectivity index (χ1v) is 12.3. The highest BCUT2D eigenvalue weighted by Gasteiger charge is 2.34. The molecule has 3 N–H and O–H groups in total. The van der Waals surface area contributed by atoms with E-state index in [0.717, 1.165) is 11.1 Å². The molecule has 0 saturated heterocycles. The van der Waals surface area contributed by atoms with Gasteiger partial charge in [0.25, 0.3) is 0 Å². The number of hydrogen-bond acceptors (Lipinski definition) is 6. The van der Waals surface area contributed by atoms with Crippen molar-refractivity contribution < 1.29 is 23.7 Å². The smallest absolute Gasteiger partial charge is 0.304 e. The van der Waals surface area contributed by atoms with Crippen LogP contribution in [0.2, 0.25) is 5.02 Å². The summed E-state index contributed by atoms with van der Waals surface area (Å²) in [5.74, 6) is -0.863. The second-order valence-corrected chi connectivity index (χ2v) is 10.4. The Balaban J connectivity index is 1.70. The molecule has 1 aliphatic rings. The molecule has 3 aromatic rings. The molecule has 0 amide bonds. The number of aliphatic carboxylic acids is 1. The molecule has 2 heterocycles. The van der Waals surface area contributed by atoms with Gasteiger partial charge in [0.15, 0.2) is 0 Å². The van der Waals surface area contributed by atoms with E-state index in [1.165, 1.54) is 0 Å². The van der Waals surface area contributed by atoms with Crippen molar-refractivity contribution in [3.8, 4) is 5.75 Å². The zero-order valence-corrected chi connectivity index (χ0v) is 19.5. The Morgan fingerprint density at radius 3 is 2.64 bits per heavy atom. The molecule has 2 atom stereocenters. The molecular weight excluding hydrogens is 464 g/mol. The maximum Gasteiger partial charge on any atom is 0.304 e. The van der Waals surface area contributed by atoms with Gasteiger partial charge in [0, 0.05) is 29.9 Å². The van der Waals surface area contributed by atoms with Gasteiger partial charge in [0.1, 0.15) is 16.7 Å². The van der Waals surface area contributed by atoms with Crippen molar-refractivity contribution in [3.05, 3.63) is 88.7 Å². The van der Waals surface area contributed by atoms with Gasteiger partial charge in [-0.05, 0) is 53.9 Å². The van der Waals surface area contributed by atoms with Crippen molar-refractivity contribution in [1.82, 2.24) is 9.29 Å². The van der Waals surface area contributed by atoms with Crippen molar-refractivity contribution in [2.45, 2.75) is 36.8 Å². The molecule has 0 fully saturated rings. The fourth-order valence-corrected chi connectivity index (χ4v) is 5.87. The second-order valence-electron chi connectivity index (χ2n) is 8.00. The SMILES string of the molecule is C[C@@H]1CN(Cc2cc(C(CC(=O)O)c3ccncc3)ccc2Cl)S(O)(O)c2ccccc2O1. The van der Waals surface area contributed by atoms with Crippen LogP contribution in [0.15, 0.2) is 71.9 Å². The van der Waals surface area contributed by atoms with Crippen LogP contribution in [0, 0.1) is 0 Å². The molecule has 9 heteroatoms. The van der Waals surface area contributed by atoms with Crippen LogP contribution in [-0.2, 0) is 11.3 Å². The zero-order chi connectivity index (χ0) is 23.6. The highest BCUT2D eigenvalue weighted by molar-refractivity contribution is 8.22. The van der Waals surface area contributed by atoms with Gasteiger partial charge >= 0.3 is 5.97 Å². The molecule has 0 aliphatic carbocycles. The molecule has 33 heavy (non-hydrogen) atoms. The van der Waals surface area contributed by atoms with E-state index in [2.05, 4.69) is 4.98 Å². The molecule has 1 aromatic heterocycles. The lowest BCUT2D eigenvalue weighted by Gasteiger charge is -2.41. The van der Waals surface area contributed by atoms with E-state index in [1.807, 2.05) is 13.0 Å². The van der Waals surface area contributed by atoms with Gasteiger partial charge in [0.2, 0.25) is 0 Å². The minimum atomic E-state index is -3.32. The highest BCUT2D eigenvalue weighted by atomic mass is 35.5. The first kappa shape index (κ1) is 23.5. The largest absolute Gasteiger partial charge is 0.487 e. The maximum absolute atomic E-state index is 11.6. The topological polar surface area (TPSA) is 103 Å². The monoisotopic (exact) mass is 488 g/mol. The number of aromatic nitrogens is 1. The number of fused-ring (bicyclic) bond motifs is 1. The fourth-order valence-electron chi connectivity index (χ4n) is 4.03. The van der Waals surface area contributed by atoms with Crippen LogP contribution in [0.25, 0.3) is 0 Å². The quantitative estimate of drug-likeness (QED) is 0.412. The number of carbonyl (C=O) groups is 1. The predicted octanol–water partition coefficient (Wildman–Crippen LogP) is 5.65. The van der Waals surface area contributed by atoms with Gasteiger partial charge in [-0.2, -0.15) is 4.31 Å². The Kier molecular flexibility index (Phi) is 6.92. The molecule has 174 valence electrons. The normalized spacial score (nSPS) is 19.6. The summed E-state index contributed by atoms with van der Waals surface area (Å²) in [6.07, 6.45) is 2.89. The molecule has 0 spiro atoms. The second kappa shape index (κ2) is 9.70. The van der Waals surface area contributed by atoms with Gasteiger partial charge in [-0.1, -0.05) is 35.9 Å². The molecular formula is C24H25ClN2O5S. The molecule has 0 radical (unpaired) electrons. The van der Waals surface area contributed by atoms with Crippen LogP contribution >= 0.6 is 22.4 Å². The van der Waals surface area contributed by atoms with E-state index in [0.29, 0.717) is 21.2 Å². The van der Waals surface area contributed by atoms with Crippen LogP contribution in [0.5, 0.6) is 5.75 Å². The molecule has 7 nitrogen and oxygen atoms in total. The Bertz CT molecular complexity index is 1140. The fraction of sp³-hybridized carbons (Fsp3) is 0.250. The Hall–Kier alpha value is -2.62. The van der Waals surface area contributed by atoms with Gasteiger partial charge in [-0.15, -0.1) is 10.8 Å². The van der Waals surface area contributed by atoms with E-state index in [4.69, 9.17) is 16.3 Å². The third kappa shape index (κ3) is 5.15. The Morgan fingerprint density at radius 1 is 1.18 bits per heavy atom. The number of ether oxygens (including phenoxy) is 1. The van der Waals surface area contributed by atoms with Gasteiger partial charge < -0.3 is 9.84 Å². The van der Waals surface area contributed by atoms with Crippen molar-refractivity contribution in [1.29, 1.82) is 0 Å². The minimum Gasteiger partial charge on any atom is -0.487 e. The summed E-state index contributed by atoms with van der Waals surface area (Å²) < 4.78 is 29.8. The minimum absolute atomic E-state index is 0.0950. The molecule has 0 saturated carbocycles. The Morgan fingerprint density at radius 2 is 1.91 bits per heavy atom. The summed E-state index contributed by atoms with van der Waals surface area (Å²) in [6.45, 7) is 2.31.